The first-order valence-electron chi connectivity index (χ1n) is 8.27. The monoisotopic (exact) mass is 310 g/mol. The topological polar surface area (TPSA) is 58.5 Å². The van der Waals surface area contributed by atoms with Gasteiger partial charge < -0.3 is 21.3 Å². The van der Waals surface area contributed by atoms with Crippen molar-refractivity contribution in [2.75, 3.05) is 47.4 Å². The highest BCUT2D eigenvalue weighted by Crippen LogP contribution is 2.27. The van der Waals surface area contributed by atoms with Gasteiger partial charge in [-0.05, 0) is 67.8 Å². The average molecular weight is 310 g/mol. The van der Waals surface area contributed by atoms with Crippen LogP contribution >= 0.6 is 0 Å². The smallest absolute Gasteiger partial charge is 0.0398 e. The zero-order valence-corrected chi connectivity index (χ0v) is 14.0. The molecular formula is C19H26N4. The number of nitrogens with zero attached hydrogens (tertiary/aromatic N) is 2. The molecule has 0 radical (unpaired) electrons. The maximum atomic E-state index is 5.88. The number of anilines is 4. The highest BCUT2D eigenvalue weighted by atomic mass is 15.2. The molecule has 3 rings (SSSR count). The first kappa shape index (κ1) is 15.5. The molecule has 0 saturated carbocycles. The minimum Gasteiger partial charge on any atom is -0.399 e. The van der Waals surface area contributed by atoms with Crippen LogP contribution in [0.1, 0.15) is 17.5 Å². The molecule has 4 N–H and O–H groups in total. The molecule has 0 amide bonds. The molecule has 1 aliphatic rings. The highest BCUT2D eigenvalue weighted by molar-refractivity contribution is 5.61. The second-order valence-electron chi connectivity index (χ2n) is 6.42. The Morgan fingerprint density at radius 2 is 1.13 bits per heavy atom. The molecule has 0 aromatic heterocycles. The Labute approximate surface area is 138 Å². The normalized spacial score (nSPS) is 15.6. The highest BCUT2D eigenvalue weighted by Gasteiger charge is 2.18. The fourth-order valence-corrected chi connectivity index (χ4v) is 3.47. The van der Waals surface area contributed by atoms with Crippen LogP contribution in [0.25, 0.3) is 0 Å². The fourth-order valence-electron chi connectivity index (χ4n) is 3.47. The lowest BCUT2D eigenvalue weighted by Crippen LogP contribution is -2.31. The van der Waals surface area contributed by atoms with E-state index in [4.69, 9.17) is 11.5 Å². The van der Waals surface area contributed by atoms with Gasteiger partial charge in [0.1, 0.15) is 0 Å². The predicted molar refractivity (Wildman–Crippen MR) is 100 cm³/mol. The first-order chi connectivity index (χ1) is 11.0. The Morgan fingerprint density at radius 1 is 0.696 bits per heavy atom. The van der Waals surface area contributed by atoms with Gasteiger partial charge in [0.25, 0.3) is 0 Å². The van der Waals surface area contributed by atoms with Gasteiger partial charge in [0, 0.05) is 48.9 Å². The van der Waals surface area contributed by atoms with Gasteiger partial charge in [0.05, 0.1) is 0 Å². The second kappa shape index (κ2) is 6.41. The molecule has 0 atom stereocenters. The lowest BCUT2D eigenvalue weighted by Gasteiger charge is -2.27. The van der Waals surface area contributed by atoms with E-state index in [1.54, 1.807) is 0 Å². The molecular weight excluding hydrogens is 284 g/mol. The number of hydrogen-bond acceptors (Lipinski definition) is 4. The molecule has 4 nitrogen and oxygen atoms in total. The van der Waals surface area contributed by atoms with Crippen LogP contribution in [0.2, 0.25) is 0 Å². The molecule has 1 aliphatic heterocycles. The lowest BCUT2D eigenvalue weighted by atomic mass is 10.1. The van der Waals surface area contributed by atoms with Gasteiger partial charge in [-0.25, -0.2) is 0 Å². The number of nitrogens with two attached hydrogens (primary N) is 2. The largest absolute Gasteiger partial charge is 0.399 e. The minimum absolute atomic E-state index is 0.834. The van der Waals surface area contributed by atoms with E-state index in [-0.39, 0.29) is 0 Å². The Hall–Kier alpha value is -2.36. The molecule has 0 unspecified atom stereocenters. The van der Waals surface area contributed by atoms with E-state index in [1.807, 2.05) is 12.1 Å². The van der Waals surface area contributed by atoms with Gasteiger partial charge >= 0.3 is 0 Å². The standard InChI is InChI=1S/C19H26N4/c1-14-12-16(20)4-6-18(14)22-8-3-9-23(11-10-22)19-7-5-17(21)13-15(19)2/h4-7,12-13H,3,8-11,20-21H2,1-2H3. The summed E-state index contributed by atoms with van der Waals surface area (Å²) in [6.07, 6.45) is 1.15. The maximum Gasteiger partial charge on any atom is 0.0398 e. The van der Waals surface area contributed by atoms with Gasteiger partial charge in [-0.3, -0.25) is 0 Å². The molecule has 1 saturated heterocycles. The maximum absolute atomic E-state index is 5.88. The van der Waals surface area contributed by atoms with E-state index in [0.29, 0.717) is 0 Å². The van der Waals surface area contributed by atoms with Crippen molar-refractivity contribution in [3.8, 4) is 0 Å². The van der Waals surface area contributed by atoms with Crippen LogP contribution in [0.15, 0.2) is 36.4 Å². The summed E-state index contributed by atoms with van der Waals surface area (Å²) in [6.45, 7) is 8.48. The molecule has 1 heterocycles. The third kappa shape index (κ3) is 3.36. The SMILES string of the molecule is Cc1cc(N)ccc1N1CCCN(c2ccc(N)cc2C)CC1. The zero-order valence-electron chi connectivity index (χ0n) is 14.0. The molecule has 23 heavy (non-hydrogen) atoms. The summed E-state index contributed by atoms with van der Waals surface area (Å²) < 4.78 is 0. The van der Waals surface area contributed by atoms with Crippen LogP contribution in [0.5, 0.6) is 0 Å². The van der Waals surface area contributed by atoms with Crippen molar-refractivity contribution in [2.45, 2.75) is 20.3 Å². The molecule has 2 aromatic rings. The minimum atomic E-state index is 0.834. The van der Waals surface area contributed by atoms with Gasteiger partial charge in [-0.2, -0.15) is 0 Å². The van der Waals surface area contributed by atoms with Crippen molar-refractivity contribution >= 4 is 22.7 Å². The van der Waals surface area contributed by atoms with Crippen molar-refractivity contribution in [1.29, 1.82) is 0 Å². The third-order valence-corrected chi connectivity index (χ3v) is 4.62. The Morgan fingerprint density at radius 3 is 1.52 bits per heavy atom. The number of nitrogen functional groups attached to an aromatic ring is 2. The average Bonchev–Trinajstić information content (AvgIpc) is 2.73. The number of hydrogen-bond donors (Lipinski definition) is 2. The van der Waals surface area contributed by atoms with Crippen molar-refractivity contribution < 1.29 is 0 Å². The van der Waals surface area contributed by atoms with Crippen molar-refractivity contribution in [2.24, 2.45) is 0 Å². The molecule has 0 aliphatic carbocycles. The summed E-state index contributed by atoms with van der Waals surface area (Å²) in [7, 11) is 0. The molecule has 0 spiro atoms. The van der Waals surface area contributed by atoms with Crippen molar-refractivity contribution in [1.82, 2.24) is 0 Å². The number of aryl methyl sites for hydroxylation is 2. The summed E-state index contributed by atoms with van der Waals surface area (Å²) in [6, 6.07) is 12.4. The van der Waals surface area contributed by atoms with Gasteiger partial charge in [0.2, 0.25) is 0 Å². The first-order valence-corrected chi connectivity index (χ1v) is 8.27. The van der Waals surface area contributed by atoms with Crippen LogP contribution in [-0.2, 0) is 0 Å². The van der Waals surface area contributed by atoms with Gasteiger partial charge in [-0.15, -0.1) is 0 Å². The molecule has 2 aromatic carbocycles. The molecule has 0 bridgehead atoms. The van der Waals surface area contributed by atoms with E-state index in [1.165, 1.54) is 22.5 Å². The van der Waals surface area contributed by atoms with Crippen LogP contribution in [-0.4, -0.2) is 26.2 Å². The van der Waals surface area contributed by atoms with E-state index in [9.17, 15) is 0 Å². The van der Waals surface area contributed by atoms with Gasteiger partial charge in [0.15, 0.2) is 0 Å². The molecule has 122 valence electrons. The summed E-state index contributed by atoms with van der Waals surface area (Å²) in [5.41, 5.74) is 18.5. The van der Waals surface area contributed by atoms with E-state index < -0.39 is 0 Å². The lowest BCUT2D eigenvalue weighted by molar-refractivity contribution is 0.804. The summed E-state index contributed by atoms with van der Waals surface area (Å²) in [5, 5.41) is 0. The van der Waals surface area contributed by atoms with E-state index in [0.717, 1.165) is 44.0 Å². The van der Waals surface area contributed by atoms with Gasteiger partial charge in [-0.1, -0.05) is 0 Å². The number of rotatable bonds is 2. The quantitative estimate of drug-likeness (QED) is 0.836. The number of benzene rings is 2. The fraction of sp³-hybridized carbons (Fsp3) is 0.368. The zero-order chi connectivity index (χ0) is 16.4. The van der Waals surface area contributed by atoms with E-state index in [2.05, 4.69) is 47.9 Å². The van der Waals surface area contributed by atoms with Crippen molar-refractivity contribution in [3.63, 3.8) is 0 Å². The van der Waals surface area contributed by atoms with Crippen LogP contribution in [0.4, 0.5) is 22.7 Å². The Balaban J connectivity index is 1.76. The Bertz CT molecular complexity index is 636. The third-order valence-electron chi connectivity index (χ3n) is 4.62. The van der Waals surface area contributed by atoms with Crippen molar-refractivity contribution in [3.05, 3.63) is 47.5 Å². The molecule has 1 fully saturated rings. The molecule has 4 heteroatoms. The van der Waals surface area contributed by atoms with E-state index >= 15 is 0 Å². The summed E-state index contributed by atoms with van der Waals surface area (Å²) in [5.74, 6) is 0. The van der Waals surface area contributed by atoms with Crippen LogP contribution in [0.3, 0.4) is 0 Å². The second-order valence-corrected chi connectivity index (χ2v) is 6.42. The summed E-state index contributed by atoms with van der Waals surface area (Å²) >= 11 is 0. The predicted octanol–water partition coefficient (Wildman–Crippen LogP) is 3.18. The van der Waals surface area contributed by atoms with Crippen LogP contribution < -0.4 is 21.3 Å². The summed E-state index contributed by atoms with van der Waals surface area (Å²) in [4.78, 5) is 4.95. The van der Waals surface area contributed by atoms with Crippen LogP contribution in [0, 0.1) is 13.8 Å². The Kier molecular flexibility index (Phi) is 4.33.